The molecular weight excluding hydrogens is 500 g/mol. The smallest absolute Gasteiger partial charge is 0.340 e. The second-order valence-corrected chi connectivity index (χ2v) is 16.1. The maximum absolute atomic E-state index is 12.3. The Kier molecular flexibility index (Phi) is 13.9. The zero-order valence-electron chi connectivity index (χ0n) is 18.9. The van der Waals surface area contributed by atoms with E-state index in [1.54, 1.807) is 0 Å². The zero-order valence-corrected chi connectivity index (χ0v) is 22.5. The molecule has 12 nitrogen and oxygen atoms in total. The lowest BCUT2D eigenvalue weighted by atomic mass is 10.3. The second kappa shape index (κ2) is 14.7. The minimum Gasteiger partial charge on any atom is -0.340 e. The van der Waals surface area contributed by atoms with E-state index in [-0.39, 0.29) is 12.6 Å². The Morgan fingerprint density at radius 1 is 0.656 bits per heavy atom. The molecule has 0 bridgehead atoms. The summed E-state index contributed by atoms with van der Waals surface area (Å²) < 4.78 is 46.6. The van der Waals surface area contributed by atoms with Crippen molar-refractivity contribution < 1.29 is 37.8 Å². The molecule has 1 aliphatic rings. The van der Waals surface area contributed by atoms with Crippen LogP contribution in [0.15, 0.2) is 0 Å². The fourth-order valence-corrected chi connectivity index (χ4v) is 9.13. The minimum atomic E-state index is -3.72. The molecule has 0 aromatic heterocycles. The third-order valence-electron chi connectivity index (χ3n) is 5.15. The van der Waals surface area contributed by atoms with E-state index < -0.39 is 42.6 Å². The van der Waals surface area contributed by atoms with E-state index in [0.717, 1.165) is 12.8 Å². The van der Waals surface area contributed by atoms with Crippen molar-refractivity contribution in [2.24, 2.45) is 0 Å². The normalized spacial score (nSPS) is 24.8. The predicted molar refractivity (Wildman–Crippen MR) is 126 cm³/mol. The van der Waals surface area contributed by atoms with Crippen LogP contribution in [0, 0.1) is 0 Å². The molecule has 1 fully saturated rings. The molecule has 1 heterocycles. The fourth-order valence-electron chi connectivity index (χ4n) is 3.58. The van der Waals surface area contributed by atoms with E-state index in [1.807, 2.05) is 23.9 Å². The Balaban J connectivity index is 2.74. The van der Waals surface area contributed by atoms with Gasteiger partial charge in [0.1, 0.15) is 0 Å². The summed E-state index contributed by atoms with van der Waals surface area (Å²) >= 11 is 0. The lowest BCUT2D eigenvalue weighted by Crippen LogP contribution is -2.40. The van der Waals surface area contributed by atoms with Gasteiger partial charge < -0.3 is 19.6 Å². The molecule has 0 amide bonds. The first-order valence-electron chi connectivity index (χ1n) is 10.5. The van der Waals surface area contributed by atoms with Crippen LogP contribution in [-0.4, -0.2) is 130 Å². The van der Waals surface area contributed by atoms with Crippen molar-refractivity contribution in [2.45, 2.75) is 12.8 Å². The van der Waals surface area contributed by atoms with Gasteiger partial charge in [-0.15, -0.1) is 0 Å². The summed E-state index contributed by atoms with van der Waals surface area (Å²) in [7, 11) is -8.92. The van der Waals surface area contributed by atoms with E-state index in [0.29, 0.717) is 52.4 Å². The van der Waals surface area contributed by atoms with Crippen LogP contribution < -0.4 is 0 Å². The molecule has 1 rings (SSSR count). The van der Waals surface area contributed by atoms with E-state index >= 15 is 0 Å². The number of hydrogen-bond acceptors (Lipinski definition) is 8. The first-order chi connectivity index (χ1) is 14.8. The molecule has 0 aromatic carbocycles. The van der Waals surface area contributed by atoms with Gasteiger partial charge in [0.05, 0.1) is 12.6 Å². The topological polar surface area (TPSA) is 162 Å². The van der Waals surface area contributed by atoms with Crippen molar-refractivity contribution in [3.05, 3.63) is 0 Å². The minimum absolute atomic E-state index is 0.112. The molecule has 1 saturated heterocycles. The number of rotatable bonds is 8. The first kappa shape index (κ1) is 30.4. The molecule has 16 heteroatoms. The summed E-state index contributed by atoms with van der Waals surface area (Å²) in [6, 6.07) is 0. The molecule has 0 aliphatic carbocycles. The van der Waals surface area contributed by atoms with Crippen molar-refractivity contribution in [1.29, 1.82) is 0 Å². The standard InChI is InChI=1S/C16H36N4O8P4/c1-17-5-3-7-20(14-32(27,28)16-30(23)24)12-10-18(2)6-4-8-19(11-9-17)13-31(25,26)15-29(21)22/h3-16H2,1-2H3,(H2-2,21,22,23,24,25,26,27,28)/p+2. The van der Waals surface area contributed by atoms with Gasteiger partial charge in [-0.05, 0) is 62.2 Å². The molecule has 188 valence electrons. The first-order valence-corrected chi connectivity index (χ1v) is 17.3. The maximum atomic E-state index is 12.3. The molecule has 4 N–H and O–H groups in total. The molecule has 32 heavy (non-hydrogen) atoms. The van der Waals surface area contributed by atoms with E-state index in [1.165, 1.54) is 0 Å². The number of hydrogen-bond donors (Lipinski definition) is 4. The van der Waals surface area contributed by atoms with Crippen LogP contribution in [0.4, 0.5) is 0 Å². The van der Waals surface area contributed by atoms with Crippen LogP contribution in [0.1, 0.15) is 12.8 Å². The third kappa shape index (κ3) is 14.6. The molecular formula is C16H38N4O8P4+2. The summed E-state index contributed by atoms with van der Waals surface area (Å²) in [5, 5.41) is 0. The average molecular weight is 538 g/mol. The van der Waals surface area contributed by atoms with Gasteiger partial charge in [-0.25, -0.2) is 0 Å². The highest BCUT2D eigenvalue weighted by molar-refractivity contribution is 7.68. The van der Waals surface area contributed by atoms with E-state index in [4.69, 9.17) is 9.79 Å². The van der Waals surface area contributed by atoms with Gasteiger partial charge in [0, 0.05) is 26.2 Å². The van der Waals surface area contributed by atoms with Crippen LogP contribution in [0.25, 0.3) is 0 Å². The molecule has 4 atom stereocenters. The van der Waals surface area contributed by atoms with Gasteiger partial charge in [-0.2, -0.15) is 9.79 Å². The highest BCUT2D eigenvalue weighted by atomic mass is 31.2. The Morgan fingerprint density at radius 2 is 1.00 bits per heavy atom. The summed E-state index contributed by atoms with van der Waals surface area (Å²) in [5.74, 6) is -1.19. The largest absolute Gasteiger partial charge is 0.515 e. The quantitative estimate of drug-likeness (QED) is 0.326. The Labute approximate surface area is 192 Å². The molecule has 4 unspecified atom stereocenters. The van der Waals surface area contributed by atoms with Crippen molar-refractivity contribution in [2.75, 3.05) is 90.8 Å². The molecule has 0 saturated carbocycles. The van der Waals surface area contributed by atoms with E-state index in [9.17, 15) is 28.0 Å². The predicted octanol–water partition coefficient (Wildman–Crippen LogP) is 1.09. The summed E-state index contributed by atoms with van der Waals surface area (Å²) in [6.45, 7) is 4.95. The number of likely N-dealkylation sites (N-methyl/N-ethyl adjacent to an activating group) is 2. The van der Waals surface area contributed by atoms with Crippen LogP contribution >= 0.6 is 30.8 Å². The molecule has 0 aromatic rings. The third-order valence-corrected chi connectivity index (χ3v) is 12.3. The highest BCUT2D eigenvalue weighted by Gasteiger charge is 2.33. The lowest BCUT2D eigenvalue weighted by molar-refractivity contribution is 0.194. The van der Waals surface area contributed by atoms with E-state index in [2.05, 4.69) is 9.80 Å². The SMILES string of the molecule is CN1CCCN(CP(=O)(O)C[P+](=O)O)CCN(C)CCCN(CP(=O)(O)C[P+](=O)O)CC1. The van der Waals surface area contributed by atoms with Crippen molar-refractivity contribution in [3.63, 3.8) is 0 Å². The van der Waals surface area contributed by atoms with Gasteiger partial charge in [0.2, 0.25) is 0 Å². The van der Waals surface area contributed by atoms with Crippen molar-refractivity contribution >= 4 is 30.8 Å². The monoisotopic (exact) mass is 538 g/mol. The Hall–Kier alpha value is 0.340. The maximum Gasteiger partial charge on any atom is 0.515 e. The van der Waals surface area contributed by atoms with Crippen LogP contribution in [0.5, 0.6) is 0 Å². The van der Waals surface area contributed by atoms with Crippen LogP contribution in [0.3, 0.4) is 0 Å². The molecule has 1 aliphatic heterocycles. The molecule has 0 radical (unpaired) electrons. The zero-order chi connectivity index (χ0) is 24.4. The highest BCUT2D eigenvalue weighted by Crippen LogP contribution is 2.48. The fraction of sp³-hybridized carbons (Fsp3) is 1.00. The van der Waals surface area contributed by atoms with Gasteiger partial charge in [0.15, 0.2) is 0 Å². The average Bonchev–Trinajstić information content (AvgIpc) is 2.60. The van der Waals surface area contributed by atoms with Gasteiger partial charge in [-0.3, -0.25) is 18.9 Å². The summed E-state index contributed by atoms with van der Waals surface area (Å²) in [5.41, 5.74) is 0. The second-order valence-electron chi connectivity index (χ2n) is 8.51. The van der Waals surface area contributed by atoms with Gasteiger partial charge in [-0.1, -0.05) is 0 Å². The van der Waals surface area contributed by atoms with Crippen LogP contribution in [0.2, 0.25) is 0 Å². The Bertz CT molecular complexity index is 658. The van der Waals surface area contributed by atoms with Crippen LogP contribution in [-0.2, 0) is 18.3 Å². The van der Waals surface area contributed by atoms with Gasteiger partial charge >= 0.3 is 16.1 Å². The van der Waals surface area contributed by atoms with Gasteiger partial charge in [0.25, 0.3) is 26.5 Å². The molecule has 0 spiro atoms. The summed E-state index contributed by atoms with van der Waals surface area (Å²) in [6.07, 6.45) is 1.24. The lowest BCUT2D eigenvalue weighted by Gasteiger charge is -2.30. The number of nitrogens with zero attached hydrogens (tertiary/aromatic N) is 4. The summed E-state index contributed by atoms with van der Waals surface area (Å²) in [4.78, 5) is 46.1. The Morgan fingerprint density at radius 3 is 1.31 bits per heavy atom. The van der Waals surface area contributed by atoms with Crippen molar-refractivity contribution in [1.82, 2.24) is 19.6 Å². The van der Waals surface area contributed by atoms with Crippen molar-refractivity contribution in [3.8, 4) is 0 Å².